The molecule has 3 aromatic rings. The third-order valence-electron chi connectivity index (χ3n) is 5.08. The summed E-state index contributed by atoms with van der Waals surface area (Å²) in [6.45, 7) is 5.98. The first-order valence-corrected chi connectivity index (χ1v) is 11.3. The van der Waals surface area contributed by atoms with Gasteiger partial charge >= 0.3 is 0 Å². The van der Waals surface area contributed by atoms with E-state index in [0.717, 1.165) is 41.5 Å². The lowest BCUT2D eigenvalue weighted by molar-refractivity contribution is 0.0706. The number of amides is 1. The highest BCUT2D eigenvalue weighted by atomic mass is 32.1. The van der Waals surface area contributed by atoms with Crippen molar-refractivity contribution in [3.8, 4) is 11.3 Å². The van der Waals surface area contributed by atoms with Crippen LogP contribution in [0, 0.1) is 6.92 Å². The zero-order valence-corrected chi connectivity index (χ0v) is 18.4. The number of carbonyl (C=O) groups excluding carboxylic acids is 1. The molecule has 0 unspecified atom stereocenters. The van der Waals surface area contributed by atoms with E-state index in [0.29, 0.717) is 5.56 Å². The van der Waals surface area contributed by atoms with E-state index in [-0.39, 0.29) is 0 Å². The van der Waals surface area contributed by atoms with Crippen LogP contribution in [-0.2, 0) is 6.54 Å². The van der Waals surface area contributed by atoms with Crippen molar-refractivity contribution < 1.29 is 10.0 Å². The van der Waals surface area contributed by atoms with E-state index in [1.165, 1.54) is 24.8 Å². The summed E-state index contributed by atoms with van der Waals surface area (Å²) in [5, 5.41) is 11.9. The van der Waals surface area contributed by atoms with Gasteiger partial charge in [0.25, 0.3) is 5.91 Å². The highest BCUT2D eigenvalue weighted by molar-refractivity contribution is 7.14. The lowest BCUT2D eigenvalue weighted by Gasteiger charge is -2.22. The molecular weight excluding hydrogens is 394 g/mol. The Bertz CT molecular complexity index is 936. The van der Waals surface area contributed by atoms with Gasteiger partial charge in [-0.1, -0.05) is 68.1 Å². The van der Waals surface area contributed by atoms with Gasteiger partial charge in [-0.15, -0.1) is 11.3 Å². The van der Waals surface area contributed by atoms with Gasteiger partial charge in [0.2, 0.25) is 0 Å². The number of nitrogens with zero attached hydrogens (tertiary/aromatic N) is 2. The van der Waals surface area contributed by atoms with Gasteiger partial charge < -0.3 is 4.90 Å². The molecular formula is C24H29N3O2S. The number of benzene rings is 2. The van der Waals surface area contributed by atoms with Gasteiger partial charge in [0.15, 0.2) is 5.13 Å². The Morgan fingerprint density at radius 3 is 2.47 bits per heavy atom. The largest absolute Gasteiger partial charge is 0.344 e. The molecule has 2 aromatic carbocycles. The summed E-state index contributed by atoms with van der Waals surface area (Å²) in [5.74, 6) is -0.499. The van der Waals surface area contributed by atoms with Gasteiger partial charge in [-0.25, -0.2) is 10.5 Å². The third kappa shape index (κ3) is 5.90. The minimum atomic E-state index is -0.499. The lowest BCUT2D eigenvalue weighted by atomic mass is 10.1. The number of nitrogens with one attached hydrogen (secondary N) is 1. The van der Waals surface area contributed by atoms with Crippen molar-refractivity contribution in [2.45, 2.75) is 46.1 Å². The molecule has 0 aliphatic carbocycles. The summed E-state index contributed by atoms with van der Waals surface area (Å²) in [5.41, 5.74) is 6.59. The van der Waals surface area contributed by atoms with Crippen molar-refractivity contribution in [1.29, 1.82) is 0 Å². The van der Waals surface area contributed by atoms with Crippen LogP contribution < -0.4 is 10.4 Å². The number of thiazole rings is 1. The first-order chi connectivity index (χ1) is 14.6. The Hall–Kier alpha value is -2.70. The molecule has 0 saturated heterocycles. The Kier molecular flexibility index (Phi) is 7.99. The Morgan fingerprint density at radius 2 is 1.80 bits per heavy atom. The predicted octanol–water partition coefficient (Wildman–Crippen LogP) is 5.82. The minimum Gasteiger partial charge on any atom is -0.344 e. The van der Waals surface area contributed by atoms with Gasteiger partial charge in [-0.2, -0.15) is 0 Å². The zero-order chi connectivity index (χ0) is 21.3. The lowest BCUT2D eigenvalue weighted by Crippen LogP contribution is -2.24. The molecule has 6 heteroatoms. The molecule has 0 spiro atoms. The molecule has 0 aliphatic heterocycles. The minimum absolute atomic E-state index is 0.437. The van der Waals surface area contributed by atoms with Crippen molar-refractivity contribution in [3.05, 3.63) is 70.6 Å². The zero-order valence-electron chi connectivity index (χ0n) is 17.6. The molecule has 3 rings (SSSR count). The molecule has 0 radical (unpaired) electrons. The summed E-state index contributed by atoms with van der Waals surface area (Å²) in [6, 6.07) is 15.8. The second kappa shape index (κ2) is 10.9. The van der Waals surface area contributed by atoms with Crippen LogP contribution in [0.4, 0.5) is 5.13 Å². The molecule has 1 aromatic heterocycles. The van der Waals surface area contributed by atoms with E-state index >= 15 is 0 Å². The maximum Gasteiger partial charge on any atom is 0.274 e. The quantitative estimate of drug-likeness (QED) is 0.245. The topological polar surface area (TPSA) is 65.5 Å². The molecule has 1 amide bonds. The van der Waals surface area contributed by atoms with Crippen LogP contribution in [0.5, 0.6) is 0 Å². The average molecular weight is 424 g/mol. The van der Waals surface area contributed by atoms with Gasteiger partial charge in [0, 0.05) is 29.6 Å². The third-order valence-corrected chi connectivity index (χ3v) is 5.98. The van der Waals surface area contributed by atoms with Crippen molar-refractivity contribution >= 4 is 22.4 Å². The number of hydrogen-bond donors (Lipinski definition) is 2. The van der Waals surface area contributed by atoms with Gasteiger partial charge in [0.05, 0.1) is 5.69 Å². The van der Waals surface area contributed by atoms with E-state index in [9.17, 15) is 4.79 Å². The predicted molar refractivity (Wildman–Crippen MR) is 123 cm³/mol. The number of aryl methyl sites for hydroxylation is 1. The molecule has 0 bridgehead atoms. The van der Waals surface area contributed by atoms with E-state index in [2.05, 4.69) is 48.4 Å². The molecule has 2 N–H and O–H groups in total. The fourth-order valence-electron chi connectivity index (χ4n) is 3.28. The van der Waals surface area contributed by atoms with Crippen LogP contribution in [0.2, 0.25) is 0 Å². The molecule has 0 atom stereocenters. The second-order valence-corrected chi connectivity index (χ2v) is 8.34. The molecule has 1 heterocycles. The Morgan fingerprint density at radius 1 is 1.07 bits per heavy atom. The number of rotatable bonds is 10. The maximum atomic E-state index is 11.5. The maximum absolute atomic E-state index is 11.5. The van der Waals surface area contributed by atoms with Crippen molar-refractivity contribution in [3.63, 3.8) is 0 Å². The van der Waals surface area contributed by atoms with Gasteiger partial charge in [-0.3, -0.25) is 10.0 Å². The smallest absolute Gasteiger partial charge is 0.274 e. The first-order valence-electron chi connectivity index (χ1n) is 10.4. The van der Waals surface area contributed by atoms with Gasteiger partial charge in [-0.05, 0) is 31.0 Å². The molecule has 0 aliphatic rings. The molecule has 0 saturated carbocycles. The number of carbonyl (C=O) groups is 1. The Labute approximate surface area is 182 Å². The highest BCUT2D eigenvalue weighted by Gasteiger charge is 2.13. The molecule has 30 heavy (non-hydrogen) atoms. The monoisotopic (exact) mass is 423 g/mol. The molecule has 5 nitrogen and oxygen atoms in total. The molecule has 0 fully saturated rings. The van der Waals surface area contributed by atoms with Crippen LogP contribution in [-0.4, -0.2) is 22.6 Å². The summed E-state index contributed by atoms with van der Waals surface area (Å²) in [4.78, 5) is 18.8. The SMILES string of the molecule is CCCCCCN(Cc1ccc(C(=O)NO)cc1)c1nc(-c2ccc(C)cc2)cs1. The van der Waals surface area contributed by atoms with E-state index in [1.54, 1.807) is 28.9 Å². The number of anilines is 1. The summed E-state index contributed by atoms with van der Waals surface area (Å²) >= 11 is 1.67. The number of aromatic nitrogens is 1. The fourth-order valence-corrected chi connectivity index (χ4v) is 4.15. The number of hydrogen-bond acceptors (Lipinski definition) is 5. The average Bonchev–Trinajstić information content (AvgIpc) is 3.26. The van der Waals surface area contributed by atoms with Crippen molar-refractivity contribution in [1.82, 2.24) is 10.5 Å². The van der Waals surface area contributed by atoms with Crippen molar-refractivity contribution in [2.75, 3.05) is 11.4 Å². The van der Waals surface area contributed by atoms with Crippen LogP contribution >= 0.6 is 11.3 Å². The van der Waals surface area contributed by atoms with Crippen LogP contribution in [0.1, 0.15) is 54.1 Å². The van der Waals surface area contributed by atoms with Crippen LogP contribution in [0.3, 0.4) is 0 Å². The standard InChI is InChI=1S/C24H29N3O2S/c1-3-4-5-6-15-27(16-19-9-13-21(14-10-19)23(28)26-29)24-25-22(17-30-24)20-11-7-18(2)8-12-20/h7-14,17,29H,3-6,15-16H2,1-2H3,(H,26,28). The normalized spacial score (nSPS) is 10.8. The Balaban J connectivity index is 1.76. The fraction of sp³-hybridized carbons (Fsp3) is 0.333. The second-order valence-electron chi connectivity index (χ2n) is 7.50. The summed E-state index contributed by atoms with van der Waals surface area (Å²) < 4.78 is 0. The number of hydroxylamine groups is 1. The van der Waals surface area contributed by atoms with E-state index < -0.39 is 5.91 Å². The van der Waals surface area contributed by atoms with E-state index in [1.807, 2.05) is 12.1 Å². The van der Waals surface area contributed by atoms with Gasteiger partial charge in [0.1, 0.15) is 0 Å². The first kappa shape index (κ1) is 22.0. The summed E-state index contributed by atoms with van der Waals surface area (Å²) in [7, 11) is 0. The van der Waals surface area contributed by atoms with Crippen LogP contribution in [0.15, 0.2) is 53.9 Å². The molecule has 158 valence electrons. The van der Waals surface area contributed by atoms with Crippen molar-refractivity contribution in [2.24, 2.45) is 0 Å². The summed E-state index contributed by atoms with van der Waals surface area (Å²) in [6.07, 6.45) is 4.78. The number of unbranched alkanes of at least 4 members (excludes halogenated alkanes) is 3. The van der Waals surface area contributed by atoms with E-state index in [4.69, 9.17) is 10.2 Å². The highest BCUT2D eigenvalue weighted by Crippen LogP contribution is 2.29. The van der Waals surface area contributed by atoms with Crippen LogP contribution in [0.25, 0.3) is 11.3 Å².